The lowest BCUT2D eigenvalue weighted by Gasteiger charge is -2.22. The van der Waals surface area contributed by atoms with Gasteiger partial charge in [-0.05, 0) is 31.5 Å². The molecule has 0 aliphatic rings. The van der Waals surface area contributed by atoms with Crippen molar-refractivity contribution in [2.75, 3.05) is 13.2 Å². The Morgan fingerprint density at radius 1 is 1.11 bits per heavy atom. The van der Waals surface area contributed by atoms with Crippen LogP contribution in [0.3, 0.4) is 0 Å². The second kappa shape index (κ2) is 7.97. The molecule has 1 N–H and O–H groups in total. The van der Waals surface area contributed by atoms with Crippen LogP contribution in [0.2, 0.25) is 10.0 Å². The summed E-state index contributed by atoms with van der Waals surface area (Å²) in [4.78, 5) is 0. The smallest absolute Gasteiger partial charge is 0.183 e. The van der Waals surface area contributed by atoms with Crippen molar-refractivity contribution < 1.29 is 14.6 Å². The maximum atomic E-state index is 10.1. The van der Waals surface area contributed by atoms with Crippen molar-refractivity contribution in [2.24, 2.45) is 0 Å². The number of hydrogen-bond donors (Lipinski definition) is 1. The minimum Gasteiger partial charge on any atom is -0.387 e. The molecule has 0 saturated carbocycles. The molecule has 1 aromatic carbocycles. The zero-order valence-electron chi connectivity index (χ0n) is 10.5. The SMILES string of the molecule is CCOC(OCC)C(O)Cc1ccc(Cl)c(Cl)c1. The molecule has 0 radical (unpaired) electrons. The number of aliphatic hydroxyl groups excluding tert-OH is 1. The van der Waals surface area contributed by atoms with Crippen LogP contribution in [-0.4, -0.2) is 30.7 Å². The fourth-order valence-electron chi connectivity index (χ4n) is 1.60. The average molecular weight is 293 g/mol. The Balaban J connectivity index is 2.66. The zero-order chi connectivity index (χ0) is 13.5. The van der Waals surface area contributed by atoms with Crippen LogP contribution in [0.5, 0.6) is 0 Å². The molecule has 102 valence electrons. The molecule has 3 nitrogen and oxygen atoms in total. The summed E-state index contributed by atoms with van der Waals surface area (Å²) >= 11 is 11.8. The van der Waals surface area contributed by atoms with Gasteiger partial charge in [0.2, 0.25) is 0 Å². The number of benzene rings is 1. The number of ether oxygens (including phenoxy) is 2. The van der Waals surface area contributed by atoms with E-state index in [-0.39, 0.29) is 0 Å². The van der Waals surface area contributed by atoms with Crippen LogP contribution in [0.25, 0.3) is 0 Å². The lowest BCUT2D eigenvalue weighted by molar-refractivity contribution is -0.188. The van der Waals surface area contributed by atoms with Crippen LogP contribution in [0.1, 0.15) is 19.4 Å². The van der Waals surface area contributed by atoms with Gasteiger partial charge in [0.15, 0.2) is 6.29 Å². The van der Waals surface area contributed by atoms with E-state index in [1.807, 2.05) is 19.9 Å². The number of aliphatic hydroxyl groups is 1. The van der Waals surface area contributed by atoms with E-state index in [4.69, 9.17) is 32.7 Å². The average Bonchev–Trinajstić information content (AvgIpc) is 2.33. The van der Waals surface area contributed by atoms with Crippen LogP contribution >= 0.6 is 23.2 Å². The Kier molecular flexibility index (Phi) is 6.97. The molecule has 0 amide bonds. The van der Waals surface area contributed by atoms with Gasteiger partial charge in [-0.2, -0.15) is 0 Å². The van der Waals surface area contributed by atoms with Crippen molar-refractivity contribution >= 4 is 23.2 Å². The highest BCUT2D eigenvalue weighted by Crippen LogP contribution is 2.23. The van der Waals surface area contributed by atoms with Crippen LogP contribution in [0.15, 0.2) is 18.2 Å². The predicted octanol–water partition coefficient (Wildman–Crippen LogP) is 3.30. The van der Waals surface area contributed by atoms with Gasteiger partial charge in [-0.15, -0.1) is 0 Å². The first-order valence-corrected chi connectivity index (χ1v) is 6.69. The van der Waals surface area contributed by atoms with Gasteiger partial charge in [0.25, 0.3) is 0 Å². The summed E-state index contributed by atoms with van der Waals surface area (Å²) in [5.74, 6) is 0. The Labute approximate surface area is 118 Å². The molecule has 1 rings (SSSR count). The molecule has 18 heavy (non-hydrogen) atoms. The van der Waals surface area contributed by atoms with Gasteiger partial charge in [-0.3, -0.25) is 0 Å². The molecule has 1 atom stereocenters. The van der Waals surface area contributed by atoms with E-state index in [0.29, 0.717) is 29.7 Å². The Morgan fingerprint density at radius 2 is 1.72 bits per heavy atom. The molecule has 5 heteroatoms. The summed E-state index contributed by atoms with van der Waals surface area (Å²) in [6.07, 6.45) is -0.946. The van der Waals surface area contributed by atoms with Crippen molar-refractivity contribution in [3.05, 3.63) is 33.8 Å². The zero-order valence-corrected chi connectivity index (χ0v) is 12.0. The van der Waals surface area contributed by atoms with Crippen molar-refractivity contribution in [3.63, 3.8) is 0 Å². The molecular formula is C13H18Cl2O3. The minimum atomic E-state index is -0.734. The standard InChI is InChI=1S/C13H18Cl2O3/c1-3-17-13(18-4-2)12(16)8-9-5-6-10(14)11(15)7-9/h5-7,12-13,16H,3-4,8H2,1-2H3. The lowest BCUT2D eigenvalue weighted by atomic mass is 10.1. The molecule has 0 heterocycles. The topological polar surface area (TPSA) is 38.7 Å². The van der Waals surface area contributed by atoms with E-state index < -0.39 is 12.4 Å². The predicted molar refractivity (Wildman–Crippen MR) is 73.2 cm³/mol. The first kappa shape index (κ1) is 15.7. The highest BCUT2D eigenvalue weighted by atomic mass is 35.5. The summed E-state index contributed by atoms with van der Waals surface area (Å²) < 4.78 is 10.7. The van der Waals surface area contributed by atoms with E-state index >= 15 is 0 Å². The fraction of sp³-hybridized carbons (Fsp3) is 0.538. The first-order chi connectivity index (χ1) is 8.58. The van der Waals surface area contributed by atoms with Gasteiger partial charge in [-0.25, -0.2) is 0 Å². The summed E-state index contributed by atoms with van der Waals surface area (Å²) in [5.41, 5.74) is 0.890. The maximum Gasteiger partial charge on any atom is 0.183 e. The molecule has 0 aliphatic carbocycles. The second-order valence-electron chi connectivity index (χ2n) is 3.80. The third kappa shape index (κ3) is 4.75. The Hall–Kier alpha value is -0.320. The molecular weight excluding hydrogens is 275 g/mol. The van der Waals surface area contributed by atoms with Crippen LogP contribution in [0.4, 0.5) is 0 Å². The lowest BCUT2D eigenvalue weighted by Crippen LogP contribution is -2.33. The Bertz CT molecular complexity index is 365. The summed E-state index contributed by atoms with van der Waals surface area (Å²) in [7, 11) is 0. The van der Waals surface area contributed by atoms with Crippen LogP contribution in [-0.2, 0) is 15.9 Å². The highest BCUT2D eigenvalue weighted by Gasteiger charge is 2.20. The van der Waals surface area contributed by atoms with Crippen molar-refractivity contribution in [1.29, 1.82) is 0 Å². The van der Waals surface area contributed by atoms with E-state index in [0.717, 1.165) is 5.56 Å². The summed E-state index contributed by atoms with van der Waals surface area (Å²) in [6.45, 7) is 4.70. The largest absolute Gasteiger partial charge is 0.387 e. The van der Waals surface area contributed by atoms with Gasteiger partial charge >= 0.3 is 0 Å². The van der Waals surface area contributed by atoms with Gasteiger partial charge < -0.3 is 14.6 Å². The number of hydrogen-bond acceptors (Lipinski definition) is 3. The monoisotopic (exact) mass is 292 g/mol. The summed E-state index contributed by atoms with van der Waals surface area (Å²) in [5, 5.41) is 11.0. The van der Waals surface area contributed by atoms with Crippen molar-refractivity contribution in [1.82, 2.24) is 0 Å². The van der Waals surface area contributed by atoms with Gasteiger partial charge in [0.1, 0.15) is 6.10 Å². The van der Waals surface area contributed by atoms with Crippen molar-refractivity contribution in [2.45, 2.75) is 32.7 Å². The third-order valence-electron chi connectivity index (χ3n) is 2.40. The minimum absolute atomic E-state index is 0.404. The van der Waals surface area contributed by atoms with Gasteiger partial charge in [-0.1, -0.05) is 29.3 Å². The molecule has 0 fully saturated rings. The molecule has 0 bridgehead atoms. The van der Waals surface area contributed by atoms with E-state index in [9.17, 15) is 5.11 Å². The van der Waals surface area contributed by atoms with E-state index in [1.54, 1.807) is 12.1 Å². The van der Waals surface area contributed by atoms with E-state index in [2.05, 4.69) is 0 Å². The Morgan fingerprint density at radius 3 is 2.22 bits per heavy atom. The van der Waals surface area contributed by atoms with Crippen LogP contribution in [0, 0.1) is 0 Å². The molecule has 1 unspecified atom stereocenters. The summed E-state index contributed by atoms with van der Waals surface area (Å²) in [6, 6.07) is 5.27. The van der Waals surface area contributed by atoms with E-state index in [1.165, 1.54) is 0 Å². The molecule has 0 aromatic heterocycles. The van der Waals surface area contributed by atoms with Crippen molar-refractivity contribution in [3.8, 4) is 0 Å². The number of halogens is 2. The first-order valence-electron chi connectivity index (χ1n) is 5.93. The molecule has 1 aromatic rings. The van der Waals surface area contributed by atoms with Gasteiger partial charge in [0, 0.05) is 19.6 Å². The number of rotatable bonds is 7. The quantitative estimate of drug-likeness (QED) is 0.784. The third-order valence-corrected chi connectivity index (χ3v) is 3.14. The fourth-order valence-corrected chi connectivity index (χ4v) is 1.92. The molecule has 0 aliphatic heterocycles. The molecule has 0 spiro atoms. The molecule has 0 saturated heterocycles. The van der Waals surface area contributed by atoms with Crippen LogP contribution < -0.4 is 0 Å². The second-order valence-corrected chi connectivity index (χ2v) is 4.61. The van der Waals surface area contributed by atoms with Gasteiger partial charge in [0.05, 0.1) is 10.0 Å². The normalized spacial score (nSPS) is 13.0. The maximum absolute atomic E-state index is 10.1. The highest BCUT2D eigenvalue weighted by molar-refractivity contribution is 6.42.